The summed E-state index contributed by atoms with van der Waals surface area (Å²) >= 11 is 0. The Kier molecular flexibility index (Phi) is 3.91. The highest BCUT2D eigenvalue weighted by Gasteiger charge is 2.33. The predicted octanol–water partition coefficient (Wildman–Crippen LogP) is 10.4. The molecule has 0 aliphatic carbocycles. The van der Waals surface area contributed by atoms with Crippen molar-refractivity contribution in [1.29, 1.82) is 0 Å². The SMILES string of the molecule is c1ccc2c(c1)Oc1ccccc1N2c1c2c(cc3c4nccc5c6ccccc6n(c13)c54)c1nccc3c4ccccc4n2c31. The Bertz CT molecular complexity index is 2880. The normalized spacial score (nSPS) is 13.3. The third kappa shape index (κ3) is 2.51. The highest BCUT2D eigenvalue weighted by Crippen LogP contribution is 2.56. The second-order valence-corrected chi connectivity index (χ2v) is 12.2. The molecule has 5 aromatic carbocycles. The number of rotatable bonds is 1. The molecule has 46 heavy (non-hydrogen) atoms. The van der Waals surface area contributed by atoms with Gasteiger partial charge in [-0.1, -0.05) is 60.7 Å². The van der Waals surface area contributed by atoms with E-state index in [1.807, 2.05) is 24.5 Å². The van der Waals surface area contributed by atoms with Crippen LogP contribution in [0.1, 0.15) is 0 Å². The van der Waals surface area contributed by atoms with E-state index in [0.717, 1.165) is 83.5 Å². The molecule has 0 atom stereocenters. The molecule has 0 saturated carbocycles. The zero-order valence-corrected chi connectivity index (χ0v) is 24.3. The van der Waals surface area contributed by atoms with E-state index in [2.05, 4.69) is 117 Å². The molecule has 0 amide bonds. The Morgan fingerprint density at radius 2 is 0.913 bits per heavy atom. The van der Waals surface area contributed by atoms with Gasteiger partial charge in [0.1, 0.15) is 0 Å². The molecule has 12 rings (SSSR count). The Balaban J connectivity index is 1.44. The lowest BCUT2D eigenvalue weighted by atomic mass is 10.0. The van der Waals surface area contributed by atoms with Gasteiger partial charge in [0.25, 0.3) is 0 Å². The van der Waals surface area contributed by atoms with Crippen LogP contribution in [0.3, 0.4) is 0 Å². The van der Waals surface area contributed by atoms with Gasteiger partial charge in [0.15, 0.2) is 11.5 Å². The molecule has 0 N–H and O–H groups in total. The Morgan fingerprint density at radius 1 is 0.435 bits per heavy atom. The molecular formula is C40H21N5O. The van der Waals surface area contributed by atoms with Crippen molar-refractivity contribution in [1.82, 2.24) is 18.8 Å². The first-order chi connectivity index (χ1) is 22.9. The first kappa shape index (κ1) is 23.0. The second kappa shape index (κ2) is 7.81. The third-order valence-electron chi connectivity index (χ3n) is 10.0. The van der Waals surface area contributed by atoms with Gasteiger partial charge in [-0.3, -0.25) is 14.9 Å². The molecule has 0 fully saturated rings. The summed E-state index contributed by atoms with van der Waals surface area (Å²) in [6.45, 7) is 0. The number of pyridine rings is 2. The molecule has 0 saturated heterocycles. The topological polar surface area (TPSA) is 47.1 Å². The second-order valence-electron chi connectivity index (χ2n) is 12.2. The number of anilines is 3. The van der Waals surface area contributed by atoms with Gasteiger partial charge in [-0.05, 0) is 54.6 Å². The molecule has 0 radical (unpaired) electrons. The van der Waals surface area contributed by atoms with Gasteiger partial charge < -0.3 is 13.5 Å². The van der Waals surface area contributed by atoms with E-state index >= 15 is 0 Å². The fourth-order valence-corrected chi connectivity index (χ4v) is 8.31. The molecule has 6 heteroatoms. The van der Waals surface area contributed by atoms with Gasteiger partial charge >= 0.3 is 0 Å². The maximum atomic E-state index is 6.54. The van der Waals surface area contributed by atoms with Crippen LogP contribution < -0.4 is 9.64 Å². The fourth-order valence-electron chi connectivity index (χ4n) is 8.31. The number of hydrogen-bond donors (Lipinski definition) is 0. The number of hydrogen-bond acceptors (Lipinski definition) is 4. The molecule has 6 aromatic heterocycles. The van der Waals surface area contributed by atoms with E-state index in [1.165, 1.54) is 21.5 Å². The van der Waals surface area contributed by atoms with Gasteiger partial charge in [-0.15, -0.1) is 0 Å². The summed E-state index contributed by atoms with van der Waals surface area (Å²) in [5, 5.41) is 7.07. The van der Waals surface area contributed by atoms with Crippen molar-refractivity contribution >= 4 is 93.5 Å². The zero-order chi connectivity index (χ0) is 29.7. The van der Waals surface area contributed by atoms with Crippen molar-refractivity contribution in [2.45, 2.75) is 0 Å². The Morgan fingerprint density at radius 3 is 1.46 bits per heavy atom. The summed E-state index contributed by atoms with van der Waals surface area (Å²) in [7, 11) is 0. The first-order valence-electron chi connectivity index (χ1n) is 15.5. The van der Waals surface area contributed by atoms with Crippen molar-refractivity contribution in [2.75, 3.05) is 4.90 Å². The number of aromatic nitrogens is 4. The number of ether oxygens (including phenoxy) is 1. The number of fused-ring (bicyclic) bond motifs is 14. The summed E-state index contributed by atoms with van der Waals surface area (Å²) in [6, 6.07) is 40.7. The minimum absolute atomic E-state index is 0.819. The molecule has 11 aromatic rings. The fraction of sp³-hybridized carbons (Fsp3) is 0. The smallest absolute Gasteiger partial charge is 0.151 e. The summed E-state index contributed by atoms with van der Waals surface area (Å²) in [6.07, 6.45) is 3.90. The molecule has 0 bridgehead atoms. The third-order valence-corrected chi connectivity index (χ3v) is 10.0. The summed E-state index contributed by atoms with van der Waals surface area (Å²) < 4.78 is 11.4. The minimum Gasteiger partial charge on any atom is -0.453 e. The highest BCUT2D eigenvalue weighted by molar-refractivity contribution is 6.32. The van der Waals surface area contributed by atoms with Crippen LogP contribution in [0.4, 0.5) is 17.1 Å². The molecule has 7 heterocycles. The minimum atomic E-state index is 0.819. The van der Waals surface area contributed by atoms with E-state index in [4.69, 9.17) is 14.7 Å². The van der Waals surface area contributed by atoms with Crippen LogP contribution in [-0.2, 0) is 0 Å². The maximum absolute atomic E-state index is 6.54. The van der Waals surface area contributed by atoms with Crippen LogP contribution in [0.15, 0.2) is 128 Å². The maximum Gasteiger partial charge on any atom is 0.151 e. The molecular weight excluding hydrogens is 566 g/mol. The summed E-state index contributed by atoms with van der Waals surface area (Å²) in [5.74, 6) is 1.64. The van der Waals surface area contributed by atoms with Gasteiger partial charge in [-0.25, -0.2) is 0 Å². The van der Waals surface area contributed by atoms with Crippen LogP contribution in [0.5, 0.6) is 11.5 Å². The van der Waals surface area contributed by atoms with Crippen molar-refractivity contribution in [2.24, 2.45) is 0 Å². The van der Waals surface area contributed by atoms with Crippen molar-refractivity contribution in [3.63, 3.8) is 0 Å². The van der Waals surface area contributed by atoms with Gasteiger partial charge in [-0.2, -0.15) is 0 Å². The summed E-state index contributed by atoms with van der Waals surface area (Å²) in [4.78, 5) is 12.5. The van der Waals surface area contributed by atoms with Gasteiger partial charge in [0.05, 0.1) is 61.2 Å². The average Bonchev–Trinajstić information content (AvgIpc) is 3.83. The Labute approximate surface area is 260 Å². The van der Waals surface area contributed by atoms with E-state index in [1.54, 1.807) is 0 Å². The molecule has 6 nitrogen and oxygen atoms in total. The lowest BCUT2D eigenvalue weighted by Gasteiger charge is -2.33. The molecule has 212 valence electrons. The molecule has 0 unspecified atom stereocenters. The van der Waals surface area contributed by atoms with Crippen LogP contribution in [0.2, 0.25) is 0 Å². The quantitative estimate of drug-likeness (QED) is 0.192. The Hall–Kier alpha value is -6.40. The van der Waals surface area contributed by atoms with Crippen LogP contribution >= 0.6 is 0 Å². The van der Waals surface area contributed by atoms with Gasteiger partial charge in [0, 0.05) is 44.7 Å². The van der Waals surface area contributed by atoms with E-state index < -0.39 is 0 Å². The number of para-hydroxylation sites is 6. The lowest BCUT2D eigenvalue weighted by molar-refractivity contribution is 0.477. The van der Waals surface area contributed by atoms with Crippen molar-refractivity contribution in [3.8, 4) is 11.5 Å². The van der Waals surface area contributed by atoms with Crippen LogP contribution in [0.25, 0.3) is 76.5 Å². The summed E-state index contributed by atoms with van der Waals surface area (Å²) in [5.41, 5.74) is 11.9. The first-order valence-corrected chi connectivity index (χ1v) is 15.5. The number of benzene rings is 5. The average molecular weight is 588 g/mol. The molecule has 1 aliphatic heterocycles. The van der Waals surface area contributed by atoms with Gasteiger partial charge in [0.2, 0.25) is 0 Å². The van der Waals surface area contributed by atoms with E-state index in [0.29, 0.717) is 0 Å². The highest BCUT2D eigenvalue weighted by atomic mass is 16.5. The van der Waals surface area contributed by atoms with Crippen molar-refractivity contribution in [3.05, 3.63) is 128 Å². The zero-order valence-electron chi connectivity index (χ0n) is 24.3. The van der Waals surface area contributed by atoms with Crippen molar-refractivity contribution < 1.29 is 4.74 Å². The van der Waals surface area contributed by atoms with Crippen LogP contribution in [-0.4, -0.2) is 18.8 Å². The standard InChI is InChI=1S/C40H21N5O/c1-3-11-28-22(9-1)24-17-19-41-34-26-21-27-35-37-25(18-20-42-35)23-10-2-4-12-29(23)45(37)39(27)40(38(26)44(28)36(24)34)43-30-13-5-7-15-32(30)46-33-16-8-6-14-31(33)43/h1-21H. The number of nitrogens with zero attached hydrogens (tertiary/aromatic N) is 5. The van der Waals surface area contributed by atoms with Crippen LogP contribution in [0, 0.1) is 0 Å². The molecule has 0 spiro atoms. The molecule has 1 aliphatic rings. The monoisotopic (exact) mass is 587 g/mol. The van der Waals surface area contributed by atoms with E-state index in [-0.39, 0.29) is 0 Å². The largest absolute Gasteiger partial charge is 0.453 e. The lowest BCUT2D eigenvalue weighted by Crippen LogP contribution is -2.17. The predicted molar refractivity (Wildman–Crippen MR) is 186 cm³/mol. The van der Waals surface area contributed by atoms with E-state index in [9.17, 15) is 0 Å².